The molecule has 7 aromatic rings. The third-order valence-electron chi connectivity index (χ3n) is 9.69. The summed E-state index contributed by atoms with van der Waals surface area (Å²) in [6, 6.07) is 66.9. The Morgan fingerprint density at radius 3 is 0.556 bits per heavy atom. The van der Waals surface area contributed by atoms with E-state index >= 15 is 0 Å². The Hall–Kier alpha value is -1.53. The van der Waals surface area contributed by atoms with Crippen LogP contribution in [0.5, 0.6) is 0 Å². The van der Waals surface area contributed by atoms with Crippen LogP contribution in [-0.2, 0) is 0 Å². The molecule has 0 radical (unpaired) electrons. The van der Waals surface area contributed by atoms with Gasteiger partial charge in [-0.05, 0) is 0 Å². The Balaban J connectivity index is 1.22. The Morgan fingerprint density at radius 1 is 0.238 bits per heavy atom. The molecule has 0 atom stereocenters. The van der Waals surface area contributed by atoms with E-state index in [1.54, 1.807) is 0 Å². The number of nitrogens with zero attached hydrogens (tertiary/aromatic N) is 6. The van der Waals surface area contributed by atoms with Crippen LogP contribution in [0, 0.1) is 0 Å². The average Bonchev–Trinajstić information content (AvgIpc) is 3.34. The predicted molar refractivity (Wildman–Crippen MR) is 276 cm³/mol. The SMILES string of the molecule is c1ccc([Te]CCN(CC[Te]c2ccccc2)c2nc(N(CC[Te]c3ccccc3)CC[Te]c3ccccc3)nc(N(CC[Te]c3ccccc3)CC[Te]c3ccccc3)n2)cc1. The number of anilines is 3. The summed E-state index contributed by atoms with van der Waals surface area (Å²) in [5.41, 5.74) is 0. The fourth-order valence-corrected chi connectivity index (χ4v) is 21.8. The summed E-state index contributed by atoms with van der Waals surface area (Å²) in [5.74, 6) is 2.64. The third kappa shape index (κ3) is 18.2. The Labute approximate surface area is 436 Å². The van der Waals surface area contributed by atoms with Crippen LogP contribution in [0.2, 0.25) is 26.8 Å². The topological polar surface area (TPSA) is 48.4 Å². The molecule has 63 heavy (non-hydrogen) atoms. The second-order valence-electron chi connectivity index (χ2n) is 14.2. The van der Waals surface area contributed by atoms with Crippen molar-refractivity contribution in [1.29, 1.82) is 0 Å². The monoisotopic (exact) mass is 1530 g/mol. The van der Waals surface area contributed by atoms with E-state index in [1.165, 1.54) is 48.5 Å². The van der Waals surface area contributed by atoms with E-state index in [9.17, 15) is 0 Å². The van der Waals surface area contributed by atoms with Crippen molar-refractivity contribution in [2.75, 3.05) is 54.0 Å². The summed E-state index contributed by atoms with van der Waals surface area (Å²) in [4.78, 5) is 24.3. The molecule has 0 aliphatic heterocycles. The molecule has 0 amide bonds. The predicted octanol–water partition coefficient (Wildman–Crippen LogP) is 4.98. The Bertz CT molecular complexity index is 1880. The molecular weight excluding hydrogens is 1460 g/mol. The average molecular weight is 1520 g/mol. The van der Waals surface area contributed by atoms with E-state index in [0.29, 0.717) is 0 Å². The van der Waals surface area contributed by atoms with Gasteiger partial charge >= 0.3 is 443 Å². The van der Waals surface area contributed by atoms with Crippen LogP contribution in [0.4, 0.5) is 17.8 Å². The number of hydrogen-bond acceptors (Lipinski definition) is 6. The summed E-state index contributed by atoms with van der Waals surface area (Å²) in [6.45, 7) is 5.86. The summed E-state index contributed by atoms with van der Waals surface area (Å²) >= 11 is -2.06. The molecule has 0 N–H and O–H groups in total. The van der Waals surface area contributed by atoms with Crippen LogP contribution in [0.1, 0.15) is 0 Å². The molecule has 0 spiro atoms. The van der Waals surface area contributed by atoms with Crippen LogP contribution in [-0.4, -0.2) is 180 Å². The molecule has 12 heteroatoms. The van der Waals surface area contributed by atoms with Gasteiger partial charge < -0.3 is 0 Å². The first-order chi connectivity index (χ1) is 31.2. The second kappa shape index (κ2) is 29.3. The third-order valence-corrected chi connectivity index (χ3v) is 26.7. The van der Waals surface area contributed by atoms with E-state index < -0.39 is 0 Å². The van der Waals surface area contributed by atoms with Gasteiger partial charge in [0.25, 0.3) is 0 Å². The van der Waals surface area contributed by atoms with Gasteiger partial charge in [-0.25, -0.2) is 0 Å². The molecule has 0 saturated heterocycles. The molecule has 0 saturated carbocycles. The first kappa shape index (κ1) is 49.4. The Morgan fingerprint density at radius 2 is 0.397 bits per heavy atom. The van der Waals surface area contributed by atoms with Crippen LogP contribution in [0.15, 0.2) is 182 Å². The summed E-state index contributed by atoms with van der Waals surface area (Å²) in [6.07, 6.45) is 0. The van der Waals surface area contributed by atoms with Crippen molar-refractivity contribution >= 4 is 165 Å². The maximum absolute atomic E-state index is 5.55. The molecule has 324 valence electrons. The van der Waals surface area contributed by atoms with Crippen LogP contribution >= 0.6 is 0 Å². The van der Waals surface area contributed by atoms with E-state index in [2.05, 4.69) is 197 Å². The van der Waals surface area contributed by atoms with E-state index in [0.717, 1.165) is 57.1 Å². The minimum absolute atomic E-state index is 0.343. The zero-order chi connectivity index (χ0) is 43.0. The van der Waals surface area contributed by atoms with Crippen molar-refractivity contribution in [3.63, 3.8) is 0 Å². The normalized spacial score (nSPS) is 11.0. The fourth-order valence-electron chi connectivity index (χ4n) is 6.45. The van der Waals surface area contributed by atoms with Gasteiger partial charge in [0.1, 0.15) is 0 Å². The van der Waals surface area contributed by atoms with E-state index in [1.807, 2.05) is 0 Å². The van der Waals surface area contributed by atoms with Gasteiger partial charge in [0.2, 0.25) is 0 Å². The van der Waals surface area contributed by atoms with Gasteiger partial charge in [0.05, 0.1) is 0 Å². The standard InChI is InChI=1S/C51H54N6Te6/c1-7-19-43(20-8-1)58-37-31-55(32-38-59-44-21-9-2-10-22-44)49-52-50(56(33-39-60-45-23-11-3-12-24-45)34-40-61-46-25-13-4-14-26-46)54-51(53-49)57(35-41-62-47-27-15-5-16-28-47)36-42-63-48-29-17-6-18-30-48/h1-30H,31-42H2. The quantitative estimate of drug-likeness (QED) is 0.0679. The zero-order valence-corrected chi connectivity index (χ0v) is 49.4. The molecular formula is C51H54N6Te6. The van der Waals surface area contributed by atoms with Crippen LogP contribution in [0.25, 0.3) is 0 Å². The van der Waals surface area contributed by atoms with Crippen molar-refractivity contribution in [3.05, 3.63) is 182 Å². The van der Waals surface area contributed by atoms with Crippen molar-refractivity contribution in [1.82, 2.24) is 15.0 Å². The number of rotatable bonds is 27. The molecule has 0 fully saturated rings. The summed E-state index contributed by atoms with van der Waals surface area (Å²) in [5, 5.41) is 0. The van der Waals surface area contributed by atoms with Gasteiger partial charge in [-0.2, -0.15) is 0 Å². The van der Waals surface area contributed by atoms with Crippen molar-refractivity contribution < 1.29 is 0 Å². The van der Waals surface area contributed by atoms with Crippen molar-refractivity contribution in [3.8, 4) is 0 Å². The van der Waals surface area contributed by atoms with Gasteiger partial charge in [0.15, 0.2) is 0 Å². The van der Waals surface area contributed by atoms with Crippen LogP contribution < -0.4 is 36.4 Å². The first-order valence-corrected chi connectivity index (χ1v) is 38.2. The van der Waals surface area contributed by atoms with Gasteiger partial charge in [-0.3, -0.25) is 0 Å². The minimum atomic E-state index is -0.343. The number of benzene rings is 6. The molecule has 0 unspecified atom stereocenters. The van der Waals surface area contributed by atoms with E-state index in [4.69, 9.17) is 15.0 Å². The summed E-state index contributed by atoms with van der Waals surface area (Å²) in [7, 11) is 0. The molecule has 0 aliphatic carbocycles. The maximum atomic E-state index is 5.55. The molecule has 7 rings (SSSR count). The fraction of sp³-hybridized carbons (Fsp3) is 0.235. The molecule has 6 aromatic carbocycles. The molecule has 1 aromatic heterocycles. The molecule has 0 aliphatic rings. The zero-order valence-electron chi connectivity index (χ0n) is 35.4. The van der Waals surface area contributed by atoms with Crippen LogP contribution in [0.3, 0.4) is 0 Å². The van der Waals surface area contributed by atoms with Gasteiger partial charge in [0, 0.05) is 0 Å². The summed E-state index contributed by atoms with van der Waals surface area (Å²) < 4.78 is 16.2. The van der Waals surface area contributed by atoms with E-state index in [-0.39, 0.29) is 126 Å². The Kier molecular flexibility index (Phi) is 22.9. The van der Waals surface area contributed by atoms with Gasteiger partial charge in [-0.15, -0.1) is 0 Å². The van der Waals surface area contributed by atoms with Crippen molar-refractivity contribution in [2.24, 2.45) is 0 Å². The van der Waals surface area contributed by atoms with Crippen molar-refractivity contribution in [2.45, 2.75) is 26.8 Å². The number of hydrogen-bond donors (Lipinski definition) is 0. The first-order valence-electron chi connectivity index (χ1n) is 21.3. The molecule has 0 bridgehead atoms. The molecule has 1 heterocycles. The molecule has 6 nitrogen and oxygen atoms in total. The number of aromatic nitrogens is 3. The second-order valence-corrected chi connectivity index (χ2v) is 34.2. The van der Waals surface area contributed by atoms with Gasteiger partial charge in [-0.1, -0.05) is 0 Å².